The van der Waals surface area contributed by atoms with E-state index in [9.17, 15) is 5.11 Å². The summed E-state index contributed by atoms with van der Waals surface area (Å²) in [5.41, 5.74) is 5.18. The number of phenolic OH excluding ortho intramolecular Hbond substituents is 1. The second kappa shape index (κ2) is 5.40. The summed E-state index contributed by atoms with van der Waals surface area (Å²) < 4.78 is 2.16. The Bertz CT molecular complexity index is 979. The lowest BCUT2D eigenvalue weighted by atomic mass is 10.1. The van der Waals surface area contributed by atoms with Gasteiger partial charge in [-0.05, 0) is 36.8 Å². The van der Waals surface area contributed by atoms with Gasteiger partial charge in [-0.15, -0.1) is 9.24 Å². The smallest absolute Gasteiger partial charge is 0.143 e. The standard InChI is InChI=1S/C20H18NOP/c1-13-10-14(12-23)20(22)19(11-13)21-17-8-4-2-6-15(17)16-7-3-5-9-18(16)21/h2-11,22H,12,23H2,1H3. The molecule has 1 N–H and O–H groups in total. The van der Waals surface area contributed by atoms with Gasteiger partial charge >= 0.3 is 0 Å². The Labute approximate surface area is 137 Å². The molecule has 1 unspecified atom stereocenters. The maximum Gasteiger partial charge on any atom is 0.143 e. The first-order chi connectivity index (χ1) is 11.2. The number of benzene rings is 3. The molecule has 114 valence electrons. The fourth-order valence-corrected chi connectivity index (χ4v) is 3.65. The quantitative estimate of drug-likeness (QED) is 0.506. The molecule has 3 aromatic carbocycles. The highest BCUT2D eigenvalue weighted by Gasteiger charge is 2.16. The summed E-state index contributed by atoms with van der Waals surface area (Å²) in [4.78, 5) is 0. The normalized spacial score (nSPS) is 11.4. The average molecular weight is 319 g/mol. The van der Waals surface area contributed by atoms with Crippen LogP contribution in [0.2, 0.25) is 0 Å². The summed E-state index contributed by atoms with van der Waals surface area (Å²) in [5, 5.41) is 13.2. The van der Waals surface area contributed by atoms with Crippen LogP contribution in [0.15, 0.2) is 60.7 Å². The van der Waals surface area contributed by atoms with E-state index < -0.39 is 0 Å². The molecule has 1 aromatic heterocycles. The highest BCUT2D eigenvalue weighted by molar-refractivity contribution is 7.15. The van der Waals surface area contributed by atoms with Crippen LogP contribution in [0.25, 0.3) is 27.5 Å². The summed E-state index contributed by atoms with van der Waals surface area (Å²) in [6.45, 7) is 2.07. The molecule has 0 aliphatic carbocycles. The topological polar surface area (TPSA) is 25.2 Å². The molecule has 0 radical (unpaired) electrons. The first kappa shape index (κ1) is 14.3. The zero-order valence-electron chi connectivity index (χ0n) is 13.0. The van der Waals surface area contributed by atoms with Gasteiger partial charge in [0, 0.05) is 16.3 Å². The van der Waals surface area contributed by atoms with E-state index in [1.54, 1.807) is 0 Å². The number of rotatable bonds is 2. The fourth-order valence-electron chi connectivity index (χ4n) is 3.34. The summed E-state index contributed by atoms with van der Waals surface area (Å²) in [6.07, 6.45) is 0.734. The van der Waals surface area contributed by atoms with Crippen molar-refractivity contribution in [1.82, 2.24) is 4.57 Å². The number of hydrogen-bond donors (Lipinski definition) is 1. The number of para-hydroxylation sites is 2. The molecule has 0 spiro atoms. The number of phenols is 1. The van der Waals surface area contributed by atoms with Crippen molar-refractivity contribution in [3.05, 3.63) is 71.8 Å². The second-order valence-corrected chi connectivity index (χ2v) is 6.27. The molecule has 1 atom stereocenters. The van der Waals surface area contributed by atoms with Crippen molar-refractivity contribution in [3.8, 4) is 11.4 Å². The third-order valence-electron chi connectivity index (χ3n) is 4.35. The van der Waals surface area contributed by atoms with Gasteiger partial charge in [-0.2, -0.15) is 0 Å². The van der Waals surface area contributed by atoms with E-state index in [0.29, 0.717) is 5.75 Å². The molecule has 1 heterocycles. The van der Waals surface area contributed by atoms with Gasteiger partial charge in [-0.3, -0.25) is 0 Å². The third kappa shape index (κ3) is 2.14. The van der Waals surface area contributed by atoms with Gasteiger partial charge in [0.2, 0.25) is 0 Å². The Balaban J connectivity index is 2.19. The van der Waals surface area contributed by atoms with Crippen molar-refractivity contribution in [1.29, 1.82) is 0 Å². The van der Waals surface area contributed by atoms with E-state index in [2.05, 4.69) is 63.2 Å². The second-order valence-electron chi connectivity index (χ2n) is 5.87. The Morgan fingerprint density at radius 3 is 2.04 bits per heavy atom. The van der Waals surface area contributed by atoms with Crippen LogP contribution in [-0.4, -0.2) is 9.67 Å². The molecular formula is C20H18NOP. The SMILES string of the molecule is Cc1cc(CP)c(O)c(-n2c3ccccc3c3ccccc32)c1. The van der Waals surface area contributed by atoms with E-state index in [-0.39, 0.29) is 0 Å². The van der Waals surface area contributed by atoms with Crippen LogP contribution >= 0.6 is 9.24 Å². The van der Waals surface area contributed by atoms with Crippen LogP contribution in [0.5, 0.6) is 5.75 Å². The van der Waals surface area contributed by atoms with E-state index >= 15 is 0 Å². The Morgan fingerprint density at radius 1 is 0.913 bits per heavy atom. The molecule has 0 aliphatic heterocycles. The Hall–Kier alpha value is -2.31. The van der Waals surface area contributed by atoms with E-state index in [1.165, 1.54) is 10.8 Å². The first-order valence-corrected chi connectivity index (χ1v) is 8.53. The molecule has 0 saturated carbocycles. The highest BCUT2D eigenvalue weighted by atomic mass is 31.0. The van der Waals surface area contributed by atoms with Crippen LogP contribution in [0.4, 0.5) is 0 Å². The lowest BCUT2D eigenvalue weighted by molar-refractivity contribution is 0.468. The van der Waals surface area contributed by atoms with Crippen LogP contribution in [0, 0.1) is 6.92 Å². The predicted molar refractivity (Wildman–Crippen MR) is 101 cm³/mol. The zero-order chi connectivity index (χ0) is 16.0. The van der Waals surface area contributed by atoms with Crippen LogP contribution in [-0.2, 0) is 6.16 Å². The summed E-state index contributed by atoms with van der Waals surface area (Å²) in [6, 6.07) is 20.8. The van der Waals surface area contributed by atoms with E-state index in [0.717, 1.165) is 34.0 Å². The third-order valence-corrected chi connectivity index (χ3v) is 4.79. The van der Waals surface area contributed by atoms with Gasteiger partial charge in [0.25, 0.3) is 0 Å². The average Bonchev–Trinajstić information content (AvgIpc) is 2.91. The van der Waals surface area contributed by atoms with Crippen molar-refractivity contribution in [2.45, 2.75) is 13.1 Å². The maximum atomic E-state index is 10.8. The molecule has 3 heteroatoms. The molecule has 0 amide bonds. The Kier molecular flexibility index (Phi) is 3.36. The summed E-state index contributed by atoms with van der Waals surface area (Å²) in [5.74, 6) is 0.358. The van der Waals surface area contributed by atoms with Gasteiger partial charge < -0.3 is 9.67 Å². The molecule has 4 rings (SSSR count). The lowest BCUT2D eigenvalue weighted by Crippen LogP contribution is -1.97. The molecule has 0 saturated heterocycles. The summed E-state index contributed by atoms with van der Waals surface area (Å²) >= 11 is 0. The molecular weight excluding hydrogens is 301 g/mol. The number of aromatic nitrogens is 1. The minimum atomic E-state index is 0.358. The molecule has 2 nitrogen and oxygen atoms in total. The minimum Gasteiger partial charge on any atom is -0.505 e. The van der Waals surface area contributed by atoms with Crippen molar-refractivity contribution >= 4 is 31.0 Å². The monoisotopic (exact) mass is 319 g/mol. The number of aryl methyl sites for hydroxylation is 1. The molecule has 23 heavy (non-hydrogen) atoms. The van der Waals surface area contributed by atoms with Crippen molar-refractivity contribution in [3.63, 3.8) is 0 Å². The molecule has 4 aromatic rings. The molecule has 0 bridgehead atoms. The number of nitrogens with zero attached hydrogens (tertiary/aromatic N) is 1. The number of fused-ring (bicyclic) bond motifs is 3. The van der Waals surface area contributed by atoms with E-state index in [1.807, 2.05) is 18.2 Å². The minimum absolute atomic E-state index is 0.358. The van der Waals surface area contributed by atoms with Crippen molar-refractivity contribution in [2.75, 3.05) is 0 Å². The van der Waals surface area contributed by atoms with E-state index in [4.69, 9.17) is 0 Å². The number of hydrogen-bond acceptors (Lipinski definition) is 1. The Morgan fingerprint density at radius 2 is 1.48 bits per heavy atom. The van der Waals surface area contributed by atoms with Gasteiger partial charge in [0.05, 0.1) is 16.7 Å². The van der Waals surface area contributed by atoms with Gasteiger partial charge in [-0.25, -0.2) is 0 Å². The largest absolute Gasteiger partial charge is 0.505 e. The first-order valence-electron chi connectivity index (χ1n) is 7.72. The molecule has 0 fully saturated rings. The van der Waals surface area contributed by atoms with Crippen LogP contribution < -0.4 is 0 Å². The van der Waals surface area contributed by atoms with Gasteiger partial charge in [-0.1, -0.05) is 42.5 Å². The maximum absolute atomic E-state index is 10.8. The summed E-state index contributed by atoms with van der Waals surface area (Å²) in [7, 11) is 2.69. The van der Waals surface area contributed by atoms with Crippen molar-refractivity contribution < 1.29 is 5.11 Å². The lowest BCUT2D eigenvalue weighted by Gasteiger charge is -2.14. The molecule has 0 aliphatic rings. The fraction of sp³-hybridized carbons (Fsp3) is 0.100. The van der Waals surface area contributed by atoms with Crippen LogP contribution in [0.3, 0.4) is 0 Å². The van der Waals surface area contributed by atoms with Crippen LogP contribution in [0.1, 0.15) is 11.1 Å². The predicted octanol–water partition coefficient (Wildman–Crippen LogP) is 5.17. The van der Waals surface area contributed by atoms with Gasteiger partial charge in [0.15, 0.2) is 0 Å². The number of aromatic hydroxyl groups is 1. The highest BCUT2D eigenvalue weighted by Crippen LogP contribution is 2.37. The van der Waals surface area contributed by atoms with Gasteiger partial charge in [0.1, 0.15) is 5.75 Å². The zero-order valence-corrected chi connectivity index (χ0v) is 14.1. The van der Waals surface area contributed by atoms with Crippen molar-refractivity contribution in [2.24, 2.45) is 0 Å².